The van der Waals surface area contributed by atoms with Crippen molar-refractivity contribution in [2.75, 3.05) is 53.0 Å². The number of methoxy groups -OCH3 is 1. The molecule has 0 aromatic heterocycles. The van der Waals surface area contributed by atoms with E-state index in [1.54, 1.807) is 7.11 Å². The van der Waals surface area contributed by atoms with Gasteiger partial charge in [-0.25, -0.2) is 0 Å². The van der Waals surface area contributed by atoms with E-state index in [1.807, 2.05) is 0 Å². The van der Waals surface area contributed by atoms with Crippen LogP contribution in [0.5, 0.6) is 0 Å². The van der Waals surface area contributed by atoms with Crippen LogP contribution in [0.15, 0.2) is 0 Å². The molecule has 0 aliphatic rings. The van der Waals surface area contributed by atoms with Gasteiger partial charge in [0.05, 0.1) is 0 Å². The van der Waals surface area contributed by atoms with E-state index in [-0.39, 0.29) is 6.42 Å². The van der Waals surface area contributed by atoms with Crippen LogP contribution in [0.3, 0.4) is 0 Å². The SMILES string of the molecule is COCCCCCCNCCNCCNCCCC(=O)O. The van der Waals surface area contributed by atoms with Gasteiger partial charge >= 0.3 is 5.97 Å². The van der Waals surface area contributed by atoms with Gasteiger partial charge in [-0.05, 0) is 32.4 Å². The maximum Gasteiger partial charge on any atom is 0.303 e. The number of aliphatic carboxylic acids is 1. The molecule has 0 bridgehead atoms. The van der Waals surface area contributed by atoms with Gasteiger partial charge in [0.25, 0.3) is 0 Å². The van der Waals surface area contributed by atoms with Crippen LogP contribution in [0.4, 0.5) is 0 Å². The maximum atomic E-state index is 10.3. The number of unbranched alkanes of at least 4 members (excludes halogenated alkanes) is 3. The summed E-state index contributed by atoms with van der Waals surface area (Å²) in [7, 11) is 1.75. The second-order valence-corrected chi connectivity index (χ2v) is 5.15. The van der Waals surface area contributed by atoms with Gasteiger partial charge < -0.3 is 25.8 Å². The second kappa shape index (κ2) is 17.4. The standard InChI is InChI=1S/C15H33N3O3/c1-21-14-5-3-2-4-8-16-10-12-18-13-11-17-9-6-7-15(19)20/h16-18H,2-14H2,1H3,(H,19,20). The third-order valence-corrected chi connectivity index (χ3v) is 3.15. The molecule has 0 spiro atoms. The Labute approximate surface area is 129 Å². The van der Waals surface area contributed by atoms with Crippen LogP contribution in [0.1, 0.15) is 38.5 Å². The molecule has 0 radical (unpaired) electrons. The molecular formula is C15H33N3O3. The normalized spacial score (nSPS) is 10.9. The highest BCUT2D eigenvalue weighted by Gasteiger charge is 1.95. The molecular weight excluding hydrogens is 270 g/mol. The molecule has 0 aromatic rings. The van der Waals surface area contributed by atoms with Crippen LogP contribution in [-0.2, 0) is 9.53 Å². The number of carboxylic acid groups (broad SMARTS) is 1. The highest BCUT2D eigenvalue weighted by molar-refractivity contribution is 5.66. The van der Waals surface area contributed by atoms with Gasteiger partial charge in [0.2, 0.25) is 0 Å². The third kappa shape index (κ3) is 19.3. The van der Waals surface area contributed by atoms with E-state index in [0.717, 1.165) is 52.3 Å². The van der Waals surface area contributed by atoms with E-state index < -0.39 is 5.97 Å². The fourth-order valence-corrected chi connectivity index (χ4v) is 1.94. The summed E-state index contributed by atoms with van der Waals surface area (Å²) in [5.74, 6) is -0.723. The summed E-state index contributed by atoms with van der Waals surface area (Å²) in [5.41, 5.74) is 0. The molecule has 0 amide bonds. The van der Waals surface area contributed by atoms with E-state index in [1.165, 1.54) is 19.3 Å². The Balaban J connectivity index is 2.95. The summed E-state index contributed by atoms with van der Waals surface area (Å²) in [6, 6.07) is 0. The van der Waals surface area contributed by atoms with Crippen molar-refractivity contribution in [3.8, 4) is 0 Å². The molecule has 0 aromatic carbocycles. The lowest BCUT2D eigenvalue weighted by Crippen LogP contribution is -2.33. The summed E-state index contributed by atoms with van der Waals surface area (Å²) in [4.78, 5) is 10.3. The molecule has 6 nitrogen and oxygen atoms in total. The van der Waals surface area contributed by atoms with Gasteiger partial charge in [-0.15, -0.1) is 0 Å². The Hall–Kier alpha value is -0.690. The summed E-state index contributed by atoms with van der Waals surface area (Å²) in [5, 5.41) is 18.5. The second-order valence-electron chi connectivity index (χ2n) is 5.15. The lowest BCUT2D eigenvalue weighted by atomic mass is 10.2. The van der Waals surface area contributed by atoms with E-state index in [2.05, 4.69) is 16.0 Å². The quantitative estimate of drug-likeness (QED) is 0.298. The fourth-order valence-electron chi connectivity index (χ4n) is 1.94. The molecule has 0 saturated heterocycles. The largest absolute Gasteiger partial charge is 0.481 e. The van der Waals surface area contributed by atoms with Crippen molar-refractivity contribution >= 4 is 5.97 Å². The first-order chi connectivity index (χ1) is 10.3. The van der Waals surface area contributed by atoms with Gasteiger partial charge in [-0.2, -0.15) is 0 Å². The fraction of sp³-hybridized carbons (Fsp3) is 0.933. The first-order valence-corrected chi connectivity index (χ1v) is 8.10. The van der Waals surface area contributed by atoms with E-state index >= 15 is 0 Å². The predicted octanol–water partition coefficient (Wildman–Crippen LogP) is 0.827. The highest BCUT2D eigenvalue weighted by Crippen LogP contribution is 1.98. The third-order valence-electron chi connectivity index (χ3n) is 3.15. The van der Waals surface area contributed by atoms with Crippen molar-refractivity contribution in [2.24, 2.45) is 0 Å². The van der Waals surface area contributed by atoms with E-state index in [4.69, 9.17) is 9.84 Å². The minimum absolute atomic E-state index is 0.246. The molecule has 0 heterocycles. The van der Waals surface area contributed by atoms with Crippen molar-refractivity contribution in [1.29, 1.82) is 0 Å². The Morgan fingerprint density at radius 2 is 1.33 bits per heavy atom. The summed E-state index contributed by atoms with van der Waals surface area (Å²) in [6.45, 7) is 6.52. The minimum atomic E-state index is -0.723. The molecule has 0 rings (SSSR count). The zero-order valence-electron chi connectivity index (χ0n) is 13.5. The molecule has 6 heteroatoms. The average molecular weight is 303 g/mol. The van der Waals surface area contributed by atoms with Crippen molar-refractivity contribution < 1.29 is 14.6 Å². The van der Waals surface area contributed by atoms with Gasteiger partial charge in [-0.3, -0.25) is 4.79 Å². The predicted molar refractivity (Wildman–Crippen MR) is 85.8 cm³/mol. The molecule has 21 heavy (non-hydrogen) atoms. The van der Waals surface area contributed by atoms with Crippen LogP contribution < -0.4 is 16.0 Å². The van der Waals surface area contributed by atoms with Gasteiger partial charge in [-0.1, -0.05) is 12.8 Å². The Bertz CT molecular complexity index is 228. The minimum Gasteiger partial charge on any atom is -0.481 e. The smallest absolute Gasteiger partial charge is 0.303 e. The maximum absolute atomic E-state index is 10.3. The molecule has 0 aliphatic heterocycles. The lowest BCUT2D eigenvalue weighted by molar-refractivity contribution is -0.137. The zero-order valence-corrected chi connectivity index (χ0v) is 13.5. The number of nitrogens with one attached hydrogen (secondary N) is 3. The number of ether oxygens (including phenoxy) is 1. The number of carbonyl (C=O) groups is 1. The van der Waals surface area contributed by atoms with Crippen molar-refractivity contribution in [3.05, 3.63) is 0 Å². The Kier molecular flexibility index (Phi) is 16.8. The van der Waals surface area contributed by atoms with E-state index in [9.17, 15) is 4.79 Å². The molecule has 4 N–H and O–H groups in total. The van der Waals surface area contributed by atoms with Crippen LogP contribution >= 0.6 is 0 Å². The molecule has 0 unspecified atom stereocenters. The monoisotopic (exact) mass is 303 g/mol. The molecule has 0 fully saturated rings. The van der Waals surface area contributed by atoms with Crippen LogP contribution in [0.2, 0.25) is 0 Å². The summed E-state index contributed by atoms with van der Waals surface area (Å²) >= 11 is 0. The average Bonchev–Trinajstić information content (AvgIpc) is 2.46. The number of hydrogen-bond donors (Lipinski definition) is 4. The lowest BCUT2D eigenvalue weighted by Gasteiger charge is -2.07. The number of carboxylic acids is 1. The highest BCUT2D eigenvalue weighted by atomic mass is 16.5. The molecule has 0 saturated carbocycles. The number of hydrogen-bond acceptors (Lipinski definition) is 5. The van der Waals surface area contributed by atoms with E-state index in [0.29, 0.717) is 6.42 Å². The molecule has 0 aliphatic carbocycles. The zero-order chi connectivity index (χ0) is 15.6. The van der Waals surface area contributed by atoms with Gasteiger partial charge in [0, 0.05) is 46.3 Å². The molecule has 126 valence electrons. The summed E-state index contributed by atoms with van der Waals surface area (Å²) < 4.78 is 5.01. The van der Waals surface area contributed by atoms with Gasteiger partial charge in [0.15, 0.2) is 0 Å². The number of rotatable bonds is 17. The van der Waals surface area contributed by atoms with Crippen LogP contribution in [0, 0.1) is 0 Å². The Morgan fingerprint density at radius 3 is 1.90 bits per heavy atom. The van der Waals surface area contributed by atoms with Gasteiger partial charge in [0.1, 0.15) is 0 Å². The van der Waals surface area contributed by atoms with Crippen molar-refractivity contribution in [1.82, 2.24) is 16.0 Å². The Morgan fingerprint density at radius 1 is 0.810 bits per heavy atom. The van der Waals surface area contributed by atoms with Crippen molar-refractivity contribution in [2.45, 2.75) is 38.5 Å². The van der Waals surface area contributed by atoms with Crippen LogP contribution in [-0.4, -0.2) is 64.1 Å². The molecule has 0 atom stereocenters. The van der Waals surface area contributed by atoms with Crippen molar-refractivity contribution in [3.63, 3.8) is 0 Å². The topological polar surface area (TPSA) is 82.6 Å². The summed E-state index contributed by atoms with van der Waals surface area (Å²) in [6.07, 6.45) is 5.86. The first-order valence-electron chi connectivity index (χ1n) is 8.10. The first kappa shape index (κ1) is 20.3. The van der Waals surface area contributed by atoms with Crippen LogP contribution in [0.25, 0.3) is 0 Å².